The van der Waals surface area contributed by atoms with Crippen LogP contribution in [-0.2, 0) is 0 Å². The van der Waals surface area contributed by atoms with Gasteiger partial charge in [0, 0.05) is 18.4 Å². The number of nitrogens with zero attached hydrogens (tertiary/aromatic N) is 5. The molecule has 6 heteroatoms. The average molecular weight is 318 g/mol. The second-order valence-corrected chi connectivity index (χ2v) is 5.85. The van der Waals surface area contributed by atoms with E-state index in [1.165, 1.54) is 5.56 Å². The van der Waals surface area contributed by atoms with Crippen molar-refractivity contribution in [1.29, 1.82) is 0 Å². The normalized spacial score (nSPS) is 12.4. The van der Waals surface area contributed by atoms with Gasteiger partial charge in [0.15, 0.2) is 5.65 Å². The highest BCUT2D eigenvalue weighted by Gasteiger charge is 2.11. The molecule has 120 valence electrons. The molecule has 4 rings (SSSR count). The van der Waals surface area contributed by atoms with Crippen molar-refractivity contribution >= 4 is 11.5 Å². The Morgan fingerprint density at radius 2 is 1.88 bits per heavy atom. The minimum atomic E-state index is 0.166. The molecular formula is C18H18N6. The quantitative estimate of drug-likeness (QED) is 0.626. The third kappa shape index (κ3) is 2.62. The van der Waals surface area contributed by atoms with E-state index in [0.29, 0.717) is 0 Å². The van der Waals surface area contributed by atoms with Crippen LogP contribution >= 0.6 is 0 Å². The Hall–Kier alpha value is -3.15. The predicted molar refractivity (Wildman–Crippen MR) is 93.3 cm³/mol. The molecule has 0 saturated heterocycles. The zero-order chi connectivity index (χ0) is 16.5. The standard InChI is InChI=1S/C18H18N6/c1-13-10-19-24(12-13)16-11-20-23-9-8-17(22-18(16)23)21-14(2)15-6-4-3-5-7-15/h3-12,14H,1-2H3,(H,21,22)/t14-/m1/s1. The predicted octanol–water partition coefficient (Wildman–Crippen LogP) is 3.40. The van der Waals surface area contributed by atoms with Crippen molar-refractivity contribution < 1.29 is 0 Å². The summed E-state index contributed by atoms with van der Waals surface area (Å²) in [7, 11) is 0. The molecule has 1 atom stereocenters. The summed E-state index contributed by atoms with van der Waals surface area (Å²) in [6.45, 7) is 4.13. The van der Waals surface area contributed by atoms with Gasteiger partial charge in [-0.1, -0.05) is 30.3 Å². The van der Waals surface area contributed by atoms with E-state index in [1.54, 1.807) is 15.4 Å². The number of hydrogen-bond donors (Lipinski definition) is 1. The van der Waals surface area contributed by atoms with Crippen LogP contribution in [0.15, 0.2) is 61.2 Å². The number of rotatable bonds is 4. The molecule has 3 heterocycles. The lowest BCUT2D eigenvalue weighted by Crippen LogP contribution is -2.08. The first-order valence-electron chi connectivity index (χ1n) is 7.88. The number of aryl methyl sites for hydroxylation is 1. The van der Waals surface area contributed by atoms with Crippen LogP contribution in [0, 0.1) is 6.92 Å². The molecule has 6 nitrogen and oxygen atoms in total. The van der Waals surface area contributed by atoms with Crippen LogP contribution in [0.2, 0.25) is 0 Å². The summed E-state index contributed by atoms with van der Waals surface area (Å²) in [5, 5.41) is 12.1. The highest BCUT2D eigenvalue weighted by atomic mass is 15.3. The summed E-state index contributed by atoms with van der Waals surface area (Å²) in [5.74, 6) is 0.810. The van der Waals surface area contributed by atoms with E-state index in [0.717, 1.165) is 22.7 Å². The van der Waals surface area contributed by atoms with Crippen LogP contribution in [-0.4, -0.2) is 24.4 Å². The molecule has 0 radical (unpaired) electrons. The number of benzene rings is 1. The van der Waals surface area contributed by atoms with Gasteiger partial charge in [0.25, 0.3) is 0 Å². The van der Waals surface area contributed by atoms with Crippen molar-refractivity contribution in [3.05, 3.63) is 72.3 Å². The van der Waals surface area contributed by atoms with Crippen molar-refractivity contribution in [3.63, 3.8) is 0 Å². The maximum atomic E-state index is 4.71. The van der Waals surface area contributed by atoms with E-state index >= 15 is 0 Å². The SMILES string of the molecule is Cc1cnn(-c2cnn3ccc(N[C@H](C)c4ccccc4)nc23)c1. The number of aromatic nitrogens is 5. The molecule has 4 aromatic rings. The molecule has 0 saturated carbocycles. The van der Waals surface area contributed by atoms with Crippen molar-refractivity contribution in [2.24, 2.45) is 0 Å². The first kappa shape index (κ1) is 14.4. The van der Waals surface area contributed by atoms with Crippen LogP contribution in [0.25, 0.3) is 11.3 Å². The summed E-state index contributed by atoms with van der Waals surface area (Å²) in [6.07, 6.45) is 7.47. The smallest absolute Gasteiger partial charge is 0.183 e. The maximum Gasteiger partial charge on any atom is 0.183 e. The van der Waals surface area contributed by atoms with Gasteiger partial charge in [-0.05, 0) is 31.0 Å². The van der Waals surface area contributed by atoms with Crippen LogP contribution in [0.1, 0.15) is 24.1 Å². The first-order chi connectivity index (χ1) is 11.7. The molecule has 0 fully saturated rings. The number of fused-ring (bicyclic) bond motifs is 1. The van der Waals surface area contributed by atoms with E-state index in [-0.39, 0.29) is 6.04 Å². The van der Waals surface area contributed by atoms with E-state index in [2.05, 4.69) is 34.6 Å². The number of nitrogens with one attached hydrogen (secondary N) is 1. The largest absolute Gasteiger partial charge is 0.363 e. The summed E-state index contributed by atoms with van der Waals surface area (Å²) in [5.41, 5.74) is 3.94. The van der Waals surface area contributed by atoms with Crippen LogP contribution in [0.5, 0.6) is 0 Å². The molecule has 1 N–H and O–H groups in total. The van der Waals surface area contributed by atoms with Crippen molar-refractivity contribution in [2.45, 2.75) is 19.9 Å². The van der Waals surface area contributed by atoms with Gasteiger partial charge in [0.05, 0.1) is 12.4 Å². The Labute approximate surface area is 139 Å². The lowest BCUT2D eigenvalue weighted by molar-refractivity contribution is 0.863. The molecule has 0 aliphatic heterocycles. The lowest BCUT2D eigenvalue weighted by Gasteiger charge is -2.15. The van der Waals surface area contributed by atoms with Gasteiger partial charge in [-0.25, -0.2) is 14.2 Å². The molecule has 0 amide bonds. The Bertz CT molecular complexity index is 970. The lowest BCUT2D eigenvalue weighted by atomic mass is 10.1. The minimum Gasteiger partial charge on any atom is -0.363 e. The minimum absolute atomic E-state index is 0.166. The summed E-state index contributed by atoms with van der Waals surface area (Å²) < 4.78 is 3.56. The van der Waals surface area contributed by atoms with E-state index in [4.69, 9.17) is 4.98 Å². The summed E-state index contributed by atoms with van der Waals surface area (Å²) in [6, 6.07) is 12.4. The Balaban J connectivity index is 1.67. The molecular weight excluding hydrogens is 300 g/mol. The monoisotopic (exact) mass is 318 g/mol. The highest BCUT2D eigenvalue weighted by molar-refractivity contribution is 5.60. The average Bonchev–Trinajstić information content (AvgIpc) is 3.21. The summed E-state index contributed by atoms with van der Waals surface area (Å²) in [4.78, 5) is 4.71. The van der Waals surface area contributed by atoms with Crippen LogP contribution in [0.4, 0.5) is 5.82 Å². The fourth-order valence-electron chi connectivity index (χ4n) is 2.69. The van der Waals surface area contributed by atoms with Gasteiger partial charge in [-0.2, -0.15) is 10.2 Å². The topological polar surface area (TPSA) is 60.0 Å². The van der Waals surface area contributed by atoms with Crippen LogP contribution < -0.4 is 5.32 Å². The Kier molecular flexibility index (Phi) is 3.49. The van der Waals surface area contributed by atoms with Gasteiger partial charge in [0.1, 0.15) is 11.5 Å². The first-order valence-corrected chi connectivity index (χ1v) is 7.88. The second kappa shape index (κ2) is 5.81. The third-order valence-corrected chi connectivity index (χ3v) is 3.97. The van der Waals surface area contributed by atoms with Crippen molar-refractivity contribution in [2.75, 3.05) is 5.32 Å². The van der Waals surface area contributed by atoms with Gasteiger partial charge >= 0.3 is 0 Å². The molecule has 3 aromatic heterocycles. The zero-order valence-corrected chi connectivity index (χ0v) is 13.6. The summed E-state index contributed by atoms with van der Waals surface area (Å²) >= 11 is 0. The fraction of sp³-hybridized carbons (Fsp3) is 0.167. The van der Waals surface area contributed by atoms with Crippen molar-refractivity contribution in [1.82, 2.24) is 24.4 Å². The molecule has 0 aliphatic carbocycles. The van der Waals surface area contributed by atoms with Gasteiger partial charge < -0.3 is 5.32 Å². The van der Waals surface area contributed by atoms with Crippen molar-refractivity contribution in [3.8, 4) is 5.69 Å². The molecule has 0 unspecified atom stereocenters. The molecule has 0 spiro atoms. The van der Waals surface area contributed by atoms with Crippen LogP contribution in [0.3, 0.4) is 0 Å². The maximum absolute atomic E-state index is 4.71. The zero-order valence-electron chi connectivity index (χ0n) is 13.6. The molecule has 0 bridgehead atoms. The number of hydrogen-bond acceptors (Lipinski definition) is 4. The second-order valence-electron chi connectivity index (χ2n) is 5.85. The number of anilines is 1. The Morgan fingerprint density at radius 1 is 1.04 bits per heavy atom. The molecule has 24 heavy (non-hydrogen) atoms. The van der Waals surface area contributed by atoms with E-state index in [1.807, 2.05) is 49.8 Å². The van der Waals surface area contributed by atoms with Gasteiger partial charge in [-0.15, -0.1) is 0 Å². The Morgan fingerprint density at radius 3 is 2.62 bits per heavy atom. The fourth-order valence-corrected chi connectivity index (χ4v) is 2.69. The van der Waals surface area contributed by atoms with Gasteiger partial charge in [-0.3, -0.25) is 0 Å². The van der Waals surface area contributed by atoms with E-state index < -0.39 is 0 Å². The van der Waals surface area contributed by atoms with Gasteiger partial charge in [0.2, 0.25) is 0 Å². The third-order valence-electron chi connectivity index (χ3n) is 3.97. The highest BCUT2D eigenvalue weighted by Crippen LogP contribution is 2.20. The van der Waals surface area contributed by atoms with E-state index in [9.17, 15) is 0 Å². The molecule has 1 aromatic carbocycles. The molecule has 0 aliphatic rings.